The van der Waals surface area contributed by atoms with Gasteiger partial charge in [0.15, 0.2) is 9.84 Å². The lowest BCUT2D eigenvalue weighted by Gasteiger charge is -2.29. The number of benzene rings is 2. The third-order valence-electron chi connectivity index (χ3n) is 4.29. The van der Waals surface area contributed by atoms with Crippen LogP contribution in [-0.2, 0) is 19.4 Å². The zero-order chi connectivity index (χ0) is 21.0. The van der Waals surface area contributed by atoms with Crippen LogP contribution in [0.2, 0.25) is 0 Å². The molecule has 3 rings (SSSR count). The minimum atomic E-state index is -3.82. The van der Waals surface area contributed by atoms with Gasteiger partial charge in [0.05, 0.1) is 28.9 Å². The van der Waals surface area contributed by atoms with Crippen LogP contribution < -0.4 is 10.6 Å². The van der Waals surface area contributed by atoms with E-state index in [0.717, 1.165) is 4.47 Å². The van der Waals surface area contributed by atoms with Crippen molar-refractivity contribution in [3.05, 3.63) is 75.9 Å². The first kappa shape index (κ1) is 21.1. The molecule has 29 heavy (non-hydrogen) atoms. The summed E-state index contributed by atoms with van der Waals surface area (Å²) in [5.74, 6) is -1.23. The van der Waals surface area contributed by atoms with Crippen LogP contribution in [0, 0.1) is 0 Å². The van der Waals surface area contributed by atoms with Gasteiger partial charge in [0, 0.05) is 10.2 Å². The van der Waals surface area contributed by atoms with Gasteiger partial charge in [-0.2, -0.15) is 0 Å². The van der Waals surface area contributed by atoms with E-state index in [1.165, 1.54) is 12.1 Å². The second-order valence-corrected chi connectivity index (χ2v) is 9.17. The van der Waals surface area contributed by atoms with Crippen molar-refractivity contribution in [3.63, 3.8) is 0 Å². The quantitative estimate of drug-likeness (QED) is 0.621. The van der Waals surface area contributed by atoms with Gasteiger partial charge in [-0.05, 0) is 36.8 Å². The SMILES string of the molecule is CCOC(=O)C1=C(CS(=O)(=O)c2ccc(Br)cc2)NC(=O)N[C@@H]1c1ccccc1. The van der Waals surface area contributed by atoms with Crippen molar-refractivity contribution in [1.29, 1.82) is 0 Å². The highest BCUT2D eigenvalue weighted by Gasteiger charge is 2.35. The first-order valence-electron chi connectivity index (χ1n) is 8.82. The third-order valence-corrected chi connectivity index (χ3v) is 6.48. The van der Waals surface area contributed by atoms with Crippen LogP contribution in [0.25, 0.3) is 0 Å². The molecule has 0 radical (unpaired) electrons. The molecule has 1 atom stereocenters. The van der Waals surface area contributed by atoms with E-state index in [2.05, 4.69) is 26.6 Å². The maximum Gasteiger partial charge on any atom is 0.338 e. The summed E-state index contributed by atoms with van der Waals surface area (Å²) in [6.07, 6.45) is 0. The lowest BCUT2D eigenvalue weighted by Crippen LogP contribution is -2.47. The van der Waals surface area contributed by atoms with Crippen molar-refractivity contribution in [1.82, 2.24) is 10.6 Å². The van der Waals surface area contributed by atoms with Crippen LogP contribution in [0.5, 0.6) is 0 Å². The van der Waals surface area contributed by atoms with E-state index in [9.17, 15) is 18.0 Å². The van der Waals surface area contributed by atoms with Crippen molar-refractivity contribution >= 4 is 37.8 Å². The first-order chi connectivity index (χ1) is 13.8. The highest BCUT2D eigenvalue weighted by molar-refractivity contribution is 9.10. The first-order valence-corrected chi connectivity index (χ1v) is 11.3. The van der Waals surface area contributed by atoms with Crippen LogP contribution in [0.1, 0.15) is 18.5 Å². The molecule has 7 nitrogen and oxygen atoms in total. The molecule has 1 aliphatic rings. The van der Waals surface area contributed by atoms with Crippen LogP contribution in [0.15, 0.2) is 75.2 Å². The van der Waals surface area contributed by atoms with E-state index in [1.807, 2.05) is 0 Å². The number of urea groups is 1. The number of sulfone groups is 1. The molecule has 0 spiro atoms. The number of amides is 2. The normalized spacial score (nSPS) is 16.8. The van der Waals surface area contributed by atoms with Gasteiger partial charge < -0.3 is 15.4 Å². The Morgan fingerprint density at radius 1 is 1.10 bits per heavy atom. The van der Waals surface area contributed by atoms with Gasteiger partial charge >= 0.3 is 12.0 Å². The summed E-state index contributed by atoms with van der Waals surface area (Å²) in [4.78, 5) is 25.0. The van der Waals surface area contributed by atoms with Gasteiger partial charge in [0.1, 0.15) is 0 Å². The lowest BCUT2D eigenvalue weighted by atomic mass is 9.95. The summed E-state index contributed by atoms with van der Waals surface area (Å²) in [6, 6.07) is 13.6. The van der Waals surface area contributed by atoms with Gasteiger partial charge in [0.25, 0.3) is 0 Å². The number of esters is 1. The summed E-state index contributed by atoms with van der Waals surface area (Å²) < 4.78 is 31.7. The lowest BCUT2D eigenvalue weighted by molar-refractivity contribution is -0.139. The van der Waals surface area contributed by atoms with Crippen LogP contribution in [-0.4, -0.2) is 32.8 Å². The largest absolute Gasteiger partial charge is 0.463 e. The van der Waals surface area contributed by atoms with E-state index in [0.29, 0.717) is 5.56 Å². The average molecular weight is 479 g/mol. The minimum absolute atomic E-state index is 0.00368. The zero-order valence-corrected chi connectivity index (χ0v) is 17.9. The Hall–Kier alpha value is -2.65. The highest BCUT2D eigenvalue weighted by atomic mass is 79.9. The topological polar surface area (TPSA) is 102 Å². The zero-order valence-electron chi connectivity index (χ0n) is 15.5. The molecule has 152 valence electrons. The third kappa shape index (κ3) is 4.86. The maximum absolute atomic E-state index is 12.9. The van der Waals surface area contributed by atoms with Gasteiger partial charge in [0.2, 0.25) is 0 Å². The summed E-state index contributed by atoms with van der Waals surface area (Å²) in [5, 5.41) is 5.16. The summed E-state index contributed by atoms with van der Waals surface area (Å²) in [6.45, 7) is 1.77. The summed E-state index contributed by atoms with van der Waals surface area (Å²) in [5.41, 5.74) is 0.714. The average Bonchev–Trinajstić information content (AvgIpc) is 2.68. The number of hydrogen-bond donors (Lipinski definition) is 2. The van der Waals surface area contributed by atoms with Crippen LogP contribution >= 0.6 is 15.9 Å². The molecule has 9 heteroatoms. The van der Waals surface area contributed by atoms with Gasteiger partial charge in [-0.3, -0.25) is 0 Å². The Bertz CT molecular complexity index is 1050. The second kappa shape index (κ2) is 8.79. The molecule has 2 N–H and O–H groups in total. The van der Waals surface area contributed by atoms with E-state index in [-0.39, 0.29) is 22.8 Å². The summed E-state index contributed by atoms with van der Waals surface area (Å²) >= 11 is 3.27. The summed E-state index contributed by atoms with van der Waals surface area (Å²) in [7, 11) is -3.82. The molecule has 0 saturated carbocycles. The molecule has 2 aromatic carbocycles. The Morgan fingerprint density at radius 2 is 1.76 bits per heavy atom. The fourth-order valence-electron chi connectivity index (χ4n) is 2.99. The Morgan fingerprint density at radius 3 is 2.38 bits per heavy atom. The molecule has 1 aliphatic heterocycles. The predicted molar refractivity (Wildman–Crippen MR) is 111 cm³/mol. The van der Waals surface area contributed by atoms with E-state index >= 15 is 0 Å². The Labute approximate surface area is 177 Å². The molecular weight excluding hydrogens is 460 g/mol. The number of ether oxygens (including phenoxy) is 1. The fourth-order valence-corrected chi connectivity index (χ4v) is 4.58. The van der Waals surface area contributed by atoms with E-state index in [4.69, 9.17) is 4.74 Å². The van der Waals surface area contributed by atoms with E-state index < -0.39 is 33.6 Å². The van der Waals surface area contributed by atoms with Crippen LogP contribution in [0.3, 0.4) is 0 Å². The van der Waals surface area contributed by atoms with Gasteiger partial charge in [-0.25, -0.2) is 18.0 Å². The molecular formula is C20H19BrN2O5S. The smallest absolute Gasteiger partial charge is 0.338 e. The Kier molecular flexibility index (Phi) is 6.39. The molecule has 0 fully saturated rings. The standard InChI is InChI=1S/C20H19BrN2O5S/c1-2-28-19(24)17-16(12-29(26,27)15-10-8-14(21)9-11-15)22-20(25)23-18(17)13-6-4-3-5-7-13/h3-11,18H,2,12H2,1H3,(H2,22,23,25)/t18-/m1/s1. The molecule has 0 saturated heterocycles. The van der Waals surface area contributed by atoms with Gasteiger partial charge in [-0.15, -0.1) is 0 Å². The van der Waals surface area contributed by atoms with Crippen molar-refractivity contribution in [2.24, 2.45) is 0 Å². The molecule has 0 bridgehead atoms. The molecule has 2 aromatic rings. The molecule has 0 unspecified atom stereocenters. The predicted octanol–water partition coefficient (Wildman–Crippen LogP) is 3.09. The molecule has 0 aromatic heterocycles. The number of nitrogens with one attached hydrogen (secondary N) is 2. The van der Waals surface area contributed by atoms with Crippen LogP contribution in [0.4, 0.5) is 4.79 Å². The number of rotatable bonds is 6. The van der Waals surface area contributed by atoms with Crippen molar-refractivity contribution < 1.29 is 22.7 Å². The minimum Gasteiger partial charge on any atom is -0.463 e. The van der Waals surface area contributed by atoms with Gasteiger partial charge in [-0.1, -0.05) is 46.3 Å². The fraction of sp³-hybridized carbons (Fsp3) is 0.200. The number of carbonyl (C=O) groups excluding carboxylic acids is 2. The van der Waals surface area contributed by atoms with Crippen molar-refractivity contribution in [2.45, 2.75) is 17.9 Å². The Balaban J connectivity index is 2.08. The maximum atomic E-state index is 12.9. The molecule has 0 aliphatic carbocycles. The monoisotopic (exact) mass is 478 g/mol. The molecule has 1 heterocycles. The second-order valence-electron chi connectivity index (χ2n) is 6.27. The highest BCUT2D eigenvalue weighted by Crippen LogP contribution is 2.29. The van der Waals surface area contributed by atoms with Crippen molar-refractivity contribution in [2.75, 3.05) is 12.4 Å². The van der Waals surface area contributed by atoms with E-state index in [1.54, 1.807) is 49.4 Å². The van der Waals surface area contributed by atoms with Crippen molar-refractivity contribution in [3.8, 4) is 0 Å². The number of halogens is 1. The number of hydrogen-bond acceptors (Lipinski definition) is 5. The molecule has 2 amide bonds. The number of carbonyl (C=O) groups is 2.